The number of ether oxygens (including phenoxy) is 2. The predicted octanol–water partition coefficient (Wildman–Crippen LogP) is 5.09. The van der Waals surface area contributed by atoms with Gasteiger partial charge in [0.1, 0.15) is 16.0 Å². The van der Waals surface area contributed by atoms with E-state index in [1.54, 1.807) is 24.3 Å². The SMILES string of the molecule is CC1(C)COc2c(Br)c3c(c(C(=O)N=S(C)(=O)c4ccccc4)c21)C(C)(C)CO3. The third kappa shape index (κ3) is 3.19. The van der Waals surface area contributed by atoms with Crippen molar-refractivity contribution < 1.29 is 18.5 Å². The van der Waals surface area contributed by atoms with Gasteiger partial charge in [0.05, 0.1) is 28.5 Å². The summed E-state index contributed by atoms with van der Waals surface area (Å²) in [5.74, 6) is 0.748. The molecule has 1 unspecified atom stereocenters. The van der Waals surface area contributed by atoms with Crippen molar-refractivity contribution in [1.29, 1.82) is 0 Å². The summed E-state index contributed by atoms with van der Waals surface area (Å²) >= 11 is 3.62. The Kier molecular flexibility index (Phi) is 4.63. The zero-order chi connectivity index (χ0) is 21.2. The first kappa shape index (κ1) is 20.4. The Morgan fingerprint density at radius 2 is 1.48 bits per heavy atom. The maximum atomic E-state index is 13.6. The molecule has 0 aliphatic carbocycles. The lowest BCUT2D eigenvalue weighted by Crippen LogP contribution is -2.26. The quantitative estimate of drug-likeness (QED) is 0.604. The zero-order valence-corrected chi connectivity index (χ0v) is 19.6. The molecule has 0 saturated carbocycles. The van der Waals surface area contributed by atoms with E-state index in [1.807, 2.05) is 33.8 Å². The van der Waals surface area contributed by atoms with Gasteiger partial charge in [0, 0.05) is 33.1 Å². The summed E-state index contributed by atoms with van der Waals surface area (Å²) in [5, 5.41) is 0. The number of carbonyl (C=O) groups is 1. The molecule has 1 amide bonds. The highest BCUT2D eigenvalue weighted by Gasteiger charge is 2.47. The van der Waals surface area contributed by atoms with Crippen molar-refractivity contribution >= 4 is 31.6 Å². The molecular formula is C22H24BrNO4S. The lowest BCUT2D eigenvalue weighted by molar-refractivity contribution is 0.100. The number of fused-ring (bicyclic) bond motifs is 2. The molecule has 7 heteroatoms. The molecule has 0 radical (unpaired) electrons. The molecule has 0 saturated heterocycles. The molecule has 4 rings (SSSR count). The van der Waals surface area contributed by atoms with Gasteiger partial charge in [-0.1, -0.05) is 45.9 Å². The third-order valence-electron chi connectivity index (χ3n) is 5.51. The number of rotatable bonds is 2. The van der Waals surface area contributed by atoms with Gasteiger partial charge in [-0.15, -0.1) is 0 Å². The Hall–Kier alpha value is -1.86. The van der Waals surface area contributed by atoms with Crippen LogP contribution in [0.25, 0.3) is 0 Å². The predicted molar refractivity (Wildman–Crippen MR) is 117 cm³/mol. The van der Waals surface area contributed by atoms with Crippen LogP contribution in [0.2, 0.25) is 0 Å². The summed E-state index contributed by atoms with van der Waals surface area (Å²) in [6.07, 6.45) is 1.50. The van der Waals surface area contributed by atoms with Crippen molar-refractivity contribution in [2.24, 2.45) is 4.36 Å². The van der Waals surface area contributed by atoms with Crippen LogP contribution in [0.3, 0.4) is 0 Å². The van der Waals surface area contributed by atoms with Crippen LogP contribution < -0.4 is 9.47 Å². The van der Waals surface area contributed by atoms with Gasteiger partial charge in [0.25, 0.3) is 5.91 Å². The number of carbonyl (C=O) groups excluding carboxylic acids is 1. The first-order valence-corrected chi connectivity index (χ1v) is 12.1. The number of hydrogen-bond acceptors (Lipinski definition) is 4. The first-order valence-electron chi connectivity index (χ1n) is 9.43. The smallest absolute Gasteiger partial charge is 0.286 e. The van der Waals surface area contributed by atoms with Gasteiger partial charge < -0.3 is 9.47 Å². The van der Waals surface area contributed by atoms with Gasteiger partial charge in [-0.25, -0.2) is 4.21 Å². The van der Waals surface area contributed by atoms with E-state index in [0.717, 1.165) is 15.6 Å². The van der Waals surface area contributed by atoms with E-state index in [-0.39, 0.29) is 10.8 Å². The van der Waals surface area contributed by atoms with Gasteiger partial charge in [-0.3, -0.25) is 4.79 Å². The van der Waals surface area contributed by atoms with Gasteiger partial charge in [0.2, 0.25) is 0 Å². The van der Waals surface area contributed by atoms with E-state index in [2.05, 4.69) is 20.3 Å². The average Bonchev–Trinajstić information content (AvgIpc) is 3.13. The highest BCUT2D eigenvalue weighted by molar-refractivity contribution is 9.10. The minimum atomic E-state index is -2.90. The summed E-state index contributed by atoms with van der Waals surface area (Å²) in [6, 6.07) is 8.89. The van der Waals surface area contributed by atoms with Crippen LogP contribution in [0.1, 0.15) is 49.2 Å². The van der Waals surface area contributed by atoms with Crippen molar-refractivity contribution in [1.82, 2.24) is 0 Å². The van der Waals surface area contributed by atoms with E-state index in [0.29, 0.717) is 35.2 Å². The molecule has 0 N–H and O–H groups in total. The second-order valence-electron chi connectivity index (χ2n) is 8.95. The molecule has 0 aromatic heterocycles. The summed E-state index contributed by atoms with van der Waals surface area (Å²) in [6.45, 7) is 9.06. The van der Waals surface area contributed by atoms with Crippen LogP contribution in [0.4, 0.5) is 0 Å². The van der Waals surface area contributed by atoms with Crippen molar-refractivity contribution in [3.8, 4) is 11.5 Å². The van der Waals surface area contributed by atoms with Gasteiger partial charge in [0.15, 0.2) is 0 Å². The second-order valence-corrected chi connectivity index (χ2v) is 12.0. The highest BCUT2D eigenvalue weighted by Crippen LogP contribution is 2.56. The largest absolute Gasteiger partial charge is 0.491 e. The zero-order valence-electron chi connectivity index (χ0n) is 17.2. The lowest BCUT2D eigenvalue weighted by atomic mass is 9.76. The molecule has 0 bridgehead atoms. The Bertz CT molecular complexity index is 1100. The van der Waals surface area contributed by atoms with Crippen LogP contribution in [-0.4, -0.2) is 29.6 Å². The molecule has 2 aromatic rings. The Balaban J connectivity index is 2.01. The van der Waals surface area contributed by atoms with Crippen LogP contribution in [0.5, 0.6) is 11.5 Å². The number of amides is 1. The minimum Gasteiger partial charge on any atom is -0.491 e. The summed E-state index contributed by atoms with van der Waals surface area (Å²) in [7, 11) is -2.90. The molecule has 0 spiro atoms. The highest BCUT2D eigenvalue weighted by atomic mass is 79.9. The van der Waals surface area contributed by atoms with Gasteiger partial charge >= 0.3 is 0 Å². The van der Waals surface area contributed by atoms with Gasteiger partial charge in [-0.05, 0) is 28.1 Å². The fraction of sp³-hybridized carbons (Fsp3) is 0.409. The molecular weight excluding hydrogens is 454 g/mol. The fourth-order valence-corrected chi connectivity index (χ4v) is 5.83. The van der Waals surface area contributed by atoms with E-state index < -0.39 is 15.6 Å². The average molecular weight is 478 g/mol. The Morgan fingerprint density at radius 1 is 1.00 bits per heavy atom. The van der Waals surface area contributed by atoms with Crippen LogP contribution in [0.15, 0.2) is 44.1 Å². The number of halogens is 1. The molecule has 154 valence electrons. The van der Waals surface area contributed by atoms with E-state index in [9.17, 15) is 9.00 Å². The van der Waals surface area contributed by atoms with Crippen molar-refractivity contribution in [2.75, 3.05) is 19.5 Å². The molecule has 1 atom stereocenters. The summed E-state index contributed by atoms with van der Waals surface area (Å²) in [4.78, 5) is 14.1. The Morgan fingerprint density at radius 3 is 1.97 bits per heavy atom. The lowest BCUT2D eigenvalue weighted by Gasteiger charge is -2.24. The van der Waals surface area contributed by atoms with E-state index in [4.69, 9.17) is 9.47 Å². The van der Waals surface area contributed by atoms with Crippen molar-refractivity contribution in [3.63, 3.8) is 0 Å². The molecule has 5 nitrogen and oxygen atoms in total. The van der Waals surface area contributed by atoms with Crippen molar-refractivity contribution in [3.05, 3.63) is 51.5 Å². The number of hydrogen-bond donors (Lipinski definition) is 0. The molecule has 2 aliphatic heterocycles. The number of nitrogens with zero attached hydrogens (tertiary/aromatic N) is 1. The minimum absolute atomic E-state index is 0.382. The molecule has 2 aromatic carbocycles. The van der Waals surface area contributed by atoms with E-state index >= 15 is 0 Å². The topological polar surface area (TPSA) is 65.0 Å². The molecule has 2 heterocycles. The monoisotopic (exact) mass is 477 g/mol. The van der Waals surface area contributed by atoms with Crippen LogP contribution in [0, 0.1) is 0 Å². The Labute approximate surface area is 180 Å². The van der Waals surface area contributed by atoms with Gasteiger partial charge in [-0.2, -0.15) is 4.36 Å². The molecule has 0 fully saturated rings. The normalized spacial score (nSPS) is 20.1. The summed E-state index contributed by atoms with van der Waals surface area (Å²) < 4.78 is 30.2. The van der Waals surface area contributed by atoms with Crippen LogP contribution >= 0.6 is 15.9 Å². The first-order chi connectivity index (χ1) is 13.5. The molecule has 2 aliphatic rings. The maximum Gasteiger partial charge on any atom is 0.286 e. The van der Waals surface area contributed by atoms with E-state index in [1.165, 1.54) is 6.26 Å². The standard InChI is InChI=1S/C22H24BrNO4S/c1-21(2)11-27-18-15(21)14(16-19(17(18)23)28-12-22(16,3)4)20(25)24-29(5,26)13-9-7-6-8-10-13/h6-10H,11-12H2,1-5H3. The van der Waals surface area contributed by atoms with Crippen molar-refractivity contribution in [2.45, 2.75) is 43.4 Å². The molecule has 29 heavy (non-hydrogen) atoms. The fourth-order valence-electron chi connectivity index (χ4n) is 4.03. The number of benzene rings is 2. The third-order valence-corrected chi connectivity index (χ3v) is 7.89. The maximum absolute atomic E-state index is 13.6. The second kappa shape index (κ2) is 6.57. The summed E-state index contributed by atoms with van der Waals surface area (Å²) in [5.41, 5.74) is 1.31. The van der Waals surface area contributed by atoms with Crippen LogP contribution in [-0.2, 0) is 20.6 Å².